The van der Waals surface area contributed by atoms with Crippen LogP contribution in [0.4, 0.5) is 5.69 Å². The van der Waals surface area contributed by atoms with E-state index >= 15 is 0 Å². The van der Waals surface area contributed by atoms with Crippen LogP contribution in [0, 0.1) is 0 Å². The molecule has 0 saturated heterocycles. The highest BCUT2D eigenvalue weighted by molar-refractivity contribution is 5.96. The normalized spacial score (nSPS) is 10.5. The van der Waals surface area contributed by atoms with Crippen LogP contribution >= 0.6 is 0 Å². The van der Waals surface area contributed by atoms with E-state index in [1.807, 2.05) is 54.6 Å². The van der Waals surface area contributed by atoms with Crippen LogP contribution in [-0.2, 0) is 6.42 Å². The first-order chi connectivity index (χ1) is 10.2. The number of ketones is 1. The van der Waals surface area contributed by atoms with Crippen LogP contribution in [0.2, 0.25) is 0 Å². The molecule has 0 aliphatic carbocycles. The number of benzene rings is 2. The number of anilines is 1. The van der Waals surface area contributed by atoms with Crippen molar-refractivity contribution in [3.63, 3.8) is 0 Å². The Balaban J connectivity index is 1.88. The Morgan fingerprint density at radius 1 is 1.05 bits per heavy atom. The summed E-state index contributed by atoms with van der Waals surface area (Å²) < 4.78 is 1.66. The highest BCUT2D eigenvalue weighted by Gasteiger charge is 2.13. The monoisotopic (exact) mass is 277 g/mol. The maximum atomic E-state index is 12.5. The maximum Gasteiger partial charge on any atom is 0.185 e. The van der Waals surface area contributed by atoms with Gasteiger partial charge < -0.3 is 5.73 Å². The number of hydrogen-bond acceptors (Lipinski definition) is 3. The number of nitrogens with zero attached hydrogens (tertiary/aromatic N) is 2. The summed E-state index contributed by atoms with van der Waals surface area (Å²) in [6, 6.07) is 18.7. The Kier molecular flexibility index (Phi) is 3.51. The zero-order chi connectivity index (χ0) is 14.7. The Morgan fingerprint density at radius 2 is 1.86 bits per heavy atom. The van der Waals surface area contributed by atoms with Crippen LogP contribution in [-0.4, -0.2) is 15.6 Å². The van der Waals surface area contributed by atoms with E-state index in [9.17, 15) is 4.79 Å². The average molecular weight is 277 g/mol. The van der Waals surface area contributed by atoms with E-state index in [0.717, 1.165) is 11.3 Å². The molecule has 4 nitrogen and oxygen atoms in total. The van der Waals surface area contributed by atoms with Gasteiger partial charge in [-0.2, -0.15) is 5.10 Å². The molecular weight excluding hydrogens is 262 g/mol. The van der Waals surface area contributed by atoms with Gasteiger partial charge in [-0.1, -0.05) is 30.3 Å². The fourth-order valence-corrected chi connectivity index (χ4v) is 2.27. The second-order valence-corrected chi connectivity index (χ2v) is 4.81. The van der Waals surface area contributed by atoms with E-state index in [0.29, 0.717) is 17.8 Å². The molecule has 1 aromatic heterocycles. The number of aromatic nitrogens is 2. The van der Waals surface area contributed by atoms with Crippen molar-refractivity contribution in [2.45, 2.75) is 6.42 Å². The SMILES string of the molecule is Nc1cccc(CC(=O)c2ccnn2-c2ccccc2)c1. The topological polar surface area (TPSA) is 60.9 Å². The minimum atomic E-state index is 0.0157. The third-order valence-electron chi connectivity index (χ3n) is 3.24. The molecule has 0 radical (unpaired) electrons. The van der Waals surface area contributed by atoms with E-state index in [1.165, 1.54) is 0 Å². The molecule has 0 atom stereocenters. The Morgan fingerprint density at radius 3 is 2.62 bits per heavy atom. The zero-order valence-corrected chi connectivity index (χ0v) is 11.4. The van der Waals surface area contributed by atoms with Crippen molar-refractivity contribution in [3.05, 3.63) is 78.1 Å². The third kappa shape index (κ3) is 2.84. The summed E-state index contributed by atoms with van der Waals surface area (Å²) in [6.07, 6.45) is 1.95. The van der Waals surface area contributed by atoms with Gasteiger partial charge >= 0.3 is 0 Å². The van der Waals surface area contributed by atoms with Crippen LogP contribution in [0.25, 0.3) is 5.69 Å². The number of para-hydroxylation sites is 1. The summed E-state index contributed by atoms with van der Waals surface area (Å²) in [4.78, 5) is 12.5. The fourth-order valence-electron chi connectivity index (χ4n) is 2.27. The molecule has 0 aliphatic heterocycles. The number of carbonyl (C=O) groups is 1. The first-order valence-corrected chi connectivity index (χ1v) is 6.71. The minimum absolute atomic E-state index is 0.0157. The molecule has 4 heteroatoms. The largest absolute Gasteiger partial charge is 0.399 e. The van der Waals surface area contributed by atoms with Crippen molar-refractivity contribution in [1.29, 1.82) is 0 Å². The van der Waals surface area contributed by atoms with Gasteiger partial charge in [-0.25, -0.2) is 4.68 Å². The van der Waals surface area contributed by atoms with E-state index in [-0.39, 0.29) is 5.78 Å². The number of rotatable bonds is 4. The van der Waals surface area contributed by atoms with Crippen LogP contribution in [0.1, 0.15) is 16.1 Å². The highest BCUT2D eigenvalue weighted by atomic mass is 16.1. The smallest absolute Gasteiger partial charge is 0.185 e. The van der Waals surface area contributed by atoms with Crippen LogP contribution in [0.15, 0.2) is 66.9 Å². The van der Waals surface area contributed by atoms with Gasteiger partial charge in [0.1, 0.15) is 5.69 Å². The summed E-state index contributed by atoms with van der Waals surface area (Å²) in [5.41, 5.74) is 8.76. The van der Waals surface area contributed by atoms with E-state index in [4.69, 9.17) is 5.73 Å². The number of nitrogens with two attached hydrogens (primary N) is 1. The lowest BCUT2D eigenvalue weighted by Gasteiger charge is -2.07. The molecule has 0 unspecified atom stereocenters. The number of Topliss-reactive ketones (excluding diaryl/α,β-unsaturated/α-hetero) is 1. The number of hydrogen-bond donors (Lipinski definition) is 1. The van der Waals surface area contributed by atoms with Gasteiger partial charge in [-0.05, 0) is 35.9 Å². The van der Waals surface area contributed by atoms with Gasteiger partial charge in [0, 0.05) is 12.1 Å². The molecule has 0 spiro atoms. The molecule has 0 saturated carbocycles. The predicted octanol–water partition coefficient (Wildman–Crippen LogP) is 2.88. The first-order valence-electron chi connectivity index (χ1n) is 6.71. The molecule has 1 heterocycles. The Labute approximate surface area is 122 Å². The lowest BCUT2D eigenvalue weighted by atomic mass is 10.1. The summed E-state index contributed by atoms with van der Waals surface area (Å²) in [5, 5.41) is 4.24. The van der Waals surface area contributed by atoms with Crippen LogP contribution < -0.4 is 5.73 Å². The standard InChI is InChI=1S/C17H15N3O/c18-14-6-4-5-13(11-14)12-17(21)16-9-10-19-20(16)15-7-2-1-3-8-15/h1-11H,12,18H2. The van der Waals surface area contributed by atoms with E-state index in [2.05, 4.69) is 5.10 Å². The molecule has 21 heavy (non-hydrogen) atoms. The Bertz CT molecular complexity index is 762. The molecular formula is C17H15N3O. The first kappa shape index (κ1) is 13.1. The molecule has 104 valence electrons. The third-order valence-corrected chi connectivity index (χ3v) is 3.24. The second kappa shape index (κ2) is 5.63. The van der Waals surface area contributed by atoms with Gasteiger partial charge in [-0.3, -0.25) is 4.79 Å². The molecule has 2 aromatic carbocycles. The lowest BCUT2D eigenvalue weighted by molar-refractivity contribution is 0.0985. The van der Waals surface area contributed by atoms with Crippen molar-refractivity contribution in [2.24, 2.45) is 0 Å². The van der Waals surface area contributed by atoms with Gasteiger partial charge in [0.15, 0.2) is 5.78 Å². The van der Waals surface area contributed by atoms with Crippen LogP contribution in [0.5, 0.6) is 0 Å². The van der Waals surface area contributed by atoms with Crippen LogP contribution in [0.3, 0.4) is 0 Å². The van der Waals surface area contributed by atoms with Crippen molar-refractivity contribution < 1.29 is 4.79 Å². The highest BCUT2D eigenvalue weighted by Crippen LogP contribution is 2.14. The lowest BCUT2D eigenvalue weighted by Crippen LogP contribution is -2.11. The summed E-state index contributed by atoms with van der Waals surface area (Å²) in [7, 11) is 0. The van der Waals surface area contributed by atoms with E-state index in [1.54, 1.807) is 16.9 Å². The summed E-state index contributed by atoms with van der Waals surface area (Å²) >= 11 is 0. The van der Waals surface area contributed by atoms with Crippen molar-refractivity contribution in [2.75, 3.05) is 5.73 Å². The van der Waals surface area contributed by atoms with Crippen molar-refractivity contribution in [3.8, 4) is 5.69 Å². The van der Waals surface area contributed by atoms with Gasteiger partial charge in [0.25, 0.3) is 0 Å². The molecule has 2 N–H and O–H groups in total. The number of carbonyl (C=O) groups excluding carboxylic acids is 1. The van der Waals surface area contributed by atoms with E-state index < -0.39 is 0 Å². The molecule has 3 aromatic rings. The van der Waals surface area contributed by atoms with Crippen molar-refractivity contribution >= 4 is 11.5 Å². The fraction of sp³-hybridized carbons (Fsp3) is 0.0588. The molecule has 0 fully saturated rings. The molecule has 0 bridgehead atoms. The second-order valence-electron chi connectivity index (χ2n) is 4.81. The predicted molar refractivity (Wildman–Crippen MR) is 82.5 cm³/mol. The summed E-state index contributed by atoms with van der Waals surface area (Å²) in [6.45, 7) is 0. The molecule has 0 amide bonds. The quantitative estimate of drug-likeness (QED) is 0.589. The van der Waals surface area contributed by atoms with Crippen molar-refractivity contribution in [1.82, 2.24) is 9.78 Å². The molecule has 0 aliphatic rings. The minimum Gasteiger partial charge on any atom is -0.399 e. The number of nitrogen functional groups attached to an aromatic ring is 1. The van der Waals surface area contributed by atoms with Gasteiger partial charge in [0.2, 0.25) is 0 Å². The zero-order valence-electron chi connectivity index (χ0n) is 11.4. The summed E-state index contributed by atoms with van der Waals surface area (Å²) in [5.74, 6) is 0.0157. The molecule has 3 rings (SSSR count). The average Bonchev–Trinajstić information content (AvgIpc) is 2.98. The maximum absolute atomic E-state index is 12.5. The van der Waals surface area contributed by atoms with Gasteiger partial charge in [0.05, 0.1) is 11.9 Å². The van der Waals surface area contributed by atoms with Gasteiger partial charge in [-0.15, -0.1) is 0 Å². The Hall–Kier alpha value is -2.88.